The lowest BCUT2D eigenvalue weighted by Crippen LogP contribution is -2.37. The first-order valence-corrected chi connectivity index (χ1v) is 6.35. The van der Waals surface area contributed by atoms with Crippen molar-refractivity contribution in [1.29, 1.82) is 0 Å². The van der Waals surface area contributed by atoms with Crippen LogP contribution in [0.1, 0.15) is 31.1 Å². The third kappa shape index (κ3) is 4.53. The van der Waals surface area contributed by atoms with Crippen LogP contribution in [0.15, 0.2) is 18.2 Å². The minimum Gasteiger partial charge on any atom is -0.449 e. The van der Waals surface area contributed by atoms with Crippen molar-refractivity contribution >= 4 is 17.6 Å². The Labute approximate surface area is 117 Å². The van der Waals surface area contributed by atoms with E-state index < -0.39 is 23.8 Å². The molecule has 0 bridgehead atoms. The van der Waals surface area contributed by atoms with Crippen LogP contribution in [0.3, 0.4) is 0 Å². The fourth-order valence-corrected chi connectivity index (χ4v) is 1.43. The summed E-state index contributed by atoms with van der Waals surface area (Å²) in [4.78, 5) is 23.4. The van der Waals surface area contributed by atoms with E-state index >= 15 is 0 Å². The number of ether oxygens (including phenoxy) is 1. The molecule has 3 N–H and O–H groups in total. The summed E-state index contributed by atoms with van der Waals surface area (Å²) in [5.74, 6) is -1.79. The number of carbonyl (C=O) groups is 2. The monoisotopic (exact) mass is 282 g/mol. The zero-order chi connectivity index (χ0) is 15.3. The summed E-state index contributed by atoms with van der Waals surface area (Å²) in [5, 5.41) is 2.63. The van der Waals surface area contributed by atoms with Gasteiger partial charge in [0.15, 0.2) is 6.10 Å². The maximum atomic E-state index is 13.5. The molecule has 0 radical (unpaired) electrons. The average molecular weight is 282 g/mol. The van der Waals surface area contributed by atoms with E-state index in [0.29, 0.717) is 6.54 Å². The van der Waals surface area contributed by atoms with Crippen LogP contribution in [0.4, 0.5) is 10.1 Å². The molecular formula is C14H19FN2O3. The van der Waals surface area contributed by atoms with Crippen LogP contribution in [0, 0.1) is 11.7 Å². The van der Waals surface area contributed by atoms with E-state index in [1.165, 1.54) is 19.1 Å². The largest absolute Gasteiger partial charge is 0.449 e. The van der Waals surface area contributed by atoms with Gasteiger partial charge in [0.25, 0.3) is 5.91 Å². The summed E-state index contributed by atoms with van der Waals surface area (Å²) in [5.41, 5.74) is 5.44. The predicted octanol–water partition coefficient (Wildman–Crippen LogP) is 1.73. The molecule has 1 unspecified atom stereocenters. The second-order valence-corrected chi connectivity index (χ2v) is 4.93. The molecule has 0 aliphatic carbocycles. The Morgan fingerprint density at radius 1 is 1.35 bits per heavy atom. The highest BCUT2D eigenvalue weighted by atomic mass is 19.1. The number of nitrogen functional groups attached to an aromatic ring is 1. The Balaban J connectivity index is 2.65. The summed E-state index contributed by atoms with van der Waals surface area (Å²) < 4.78 is 18.4. The maximum Gasteiger partial charge on any atom is 0.341 e. The van der Waals surface area contributed by atoms with E-state index in [4.69, 9.17) is 10.5 Å². The summed E-state index contributed by atoms with van der Waals surface area (Å²) in [7, 11) is 0. The minimum absolute atomic E-state index is 0.246. The Morgan fingerprint density at radius 3 is 2.60 bits per heavy atom. The molecule has 0 heterocycles. The smallest absolute Gasteiger partial charge is 0.341 e. The van der Waals surface area contributed by atoms with Gasteiger partial charge in [0.05, 0.1) is 5.56 Å². The lowest BCUT2D eigenvalue weighted by atomic mass is 10.2. The van der Waals surface area contributed by atoms with Crippen molar-refractivity contribution in [3.63, 3.8) is 0 Å². The Bertz CT molecular complexity index is 503. The number of anilines is 1. The Kier molecular flexibility index (Phi) is 5.49. The van der Waals surface area contributed by atoms with Gasteiger partial charge >= 0.3 is 5.97 Å². The number of nitrogens with one attached hydrogen (secondary N) is 1. The molecule has 5 nitrogen and oxygen atoms in total. The Hall–Kier alpha value is -2.11. The number of esters is 1. The number of carbonyl (C=O) groups excluding carboxylic acids is 2. The molecule has 0 saturated carbocycles. The molecule has 1 amide bonds. The summed E-state index contributed by atoms with van der Waals surface area (Å²) in [6, 6.07) is 3.59. The molecule has 1 atom stereocenters. The zero-order valence-corrected chi connectivity index (χ0v) is 11.8. The molecule has 1 aromatic carbocycles. The van der Waals surface area contributed by atoms with Crippen molar-refractivity contribution in [1.82, 2.24) is 5.32 Å². The highest BCUT2D eigenvalue weighted by molar-refractivity contribution is 5.93. The van der Waals surface area contributed by atoms with Crippen LogP contribution in [-0.2, 0) is 9.53 Å². The molecule has 0 aliphatic rings. The van der Waals surface area contributed by atoms with Crippen molar-refractivity contribution < 1.29 is 18.7 Å². The molecule has 0 aliphatic heterocycles. The first-order valence-electron chi connectivity index (χ1n) is 6.35. The zero-order valence-electron chi connectivity index (χ0n) is 11.8. The molecule has 110 valence electrons. The third-order valence-electron chi connectivity index (χ3n) is 2.55. The summed E-state index contributed by atoms with van der Waals surface area (Å²) >= 11 is 0. The second kappa shape index (κ2) is 6.88. The lowest BCUT2D eigenvalue weighted by Gasteiger charge is -2.15. The lowest BCUT2D eigenvalue weighted by molar-refractivity contribution is -0.129. The van der Waals surface area contributed by atoms with Crippen LogP contribution >= 0.6 is 0 Å². The van der Waals surface area contributed by atoms with E-state index in [-0.39, 0.29) is 17.2 Å². The summed E-state index contributed by atoms with van der Waals surface area (Å²) in [6.45, 7) is 5.79. The highest BCUT2D eigenvalue weighted by Crippen LogP contribution is 2.14. The topological polar surface area (TPSA) is 81.4 Å². The van der Waals surface area contributed by atoms with Gasteiger partial charge in [-0.05, 0) is 31.0 Å². The van der Waals surface area contributed by atoms with E-state index in [0.717, 1.165) is 6.07 Å². The maximum absolute atomic E-state index is 13.5. The number of rotatable bonds is 5. The number of amides is 1. The highest BCUT2D eigenvalue weighted by Gasteiger charge is 2.21. The fourth-order valence-electron chi connectivity index (χ4n) is 1.43. The molecule has 20 heavy (non-hydrogen) atoms. The predicted molar refractivity (Wildman–Crippen MR) is 73.5 cm³/mol. The summed E-state index contributed by atoms with van der Waals surface area (Å²) in [6.07, 6.45) is -0.998. The van der Waals surface area contributed by atoms with Crippen LogP contribution in [0.2, 0.25) is 0 Å². The van der Waals surface area contributed by atoms with Gasteiger partial charge in [0.2, 0.25) is 0 Å². The molecule has 0 aromatic heterocycles. The Morgan fingerprint density at radius 2 is 2.00 bits per heavy atom. The first kappa shape index (κ1) is 15.9. The van der Waals surface area contributed by atoms with Gasteiger partial charge in [-0.15, -0.1) is 0 Å². The molecule has 0 fully saturated rings. The van der Waals surface area contributed by atoms with Crippen molar-refractivity contribution in [3.8, 4) is 0 Å². The standard InChI is InChI=1S/C14H19FN2O3/c1-8(2)7-17-13(18)9(3)20-14(19)11-6-10(16)4-5-12(11)15/h4-6,8-9H,7,16H2,1-3H3,(H,17,18). The second-order valence-electron chi connectivity index (χ2n) is 4.93. The SMILES string of the molecule is CC(C)CNC(=O)C(C)OC(=O)c1cc(N)ccc1F. The number of nitrogens with two attached hydrogens (primary N) is 1. The number of halogens is 1. The molecule has 0 spiro atoms. The average Bonchev–Trinajstić information content (AvgIpc) is 2.38. The van der Waals surface area contributed by atoms with Gasteiger partial charge in [-0.1, -0.05) is 13.8 Å². The number of hydrogen-bond acceptors (Lipinski definition) is 4. The van der Waals surface area contributed by atoms with E-state index in [2.05, 4.69) is 5.32 Å². The van der Waals surface area contributed by atoms with Gasteiger partial charge in [-0.3, -0.25) is 4.79 Å². The molecule has 1 rings (SSSR count). The quantitative estimate of drug-likeness (QED) is 0.636. The van der Waals surface area contributed by atoms with Crippen LogP contribution in [-0.4, -0.2) is 24.5 Å². The fraction of sp³-hybridized carbons (Fsp3) is 0.429. The van der Waals surface area contributed by atoms with Gasteiger partial charge in [-0.2, -0.15) is 0 Å². The van der Waals surface area contributed by atoms with E-state index in [1.807, 2.05) is 13.8 Å². The number of hydrogen-bond donors (Lipinski definition) is 2. The van der Waals surface area contributed by atoms with Crippen molar-refractivity contribution in [2.24, 2.45) is 5.92 Å². The van der Waals surface area contributed by atoms with Crippen molar-refractivity contribution in [2.45, 2.75) is 26.9 Å². The van der Waals surface area contributed by atoms with E-state index in [9.17, 15) is 14.0 Å². The van der Waals surface area contributed by atoms with Crippen LogP contribution < -0.4 is 11.1 Å². The van der Waals surface area contributed by atoms with Crippen molar-refractivity contribution in [2.75, 3.05) is 12.3 Å². The van der Waals surface area contributed by atoms with Crippen LogP contribution in [0.5, 0.6) is 0 Å². The number of benzene rings is 1. The van der Waals surface area contributed by atoms with Gasteiger partial charge in [0.1, 0.15) is 5.82 Å². The first-order chi connectivity index (χ1) is 9.31. The minimum atomic E-state index is -0.998. The van der Waals surface area contributed by atoms with Gasteiger partial charge < -0.3 is 15.8 Å². The third-order valence-corrected chi connectivity index (χ3v) is 2.55. The molecule has 6 heteroatoms. The van der Waals surface area contributed by atoms with Crippen molar-refractivity contribution in [3.05, 3.63) is 29.6 Å². The normalized spacial score (nSPS) is 12.1. The van der Waals surface area contributed by atoms with E-state index in [1.54, 1.807) is 0 Å². The molecule has 0 saturated heterocycles. The van der Waals surface area contributed by atoms with Crippen LogP contribution in [0.25, 0.3) is 0 Å². The van der Waals surface area contributed by atoms with Gasteiger partial charge in [-0.25, -0.2) is 9.18 Å². The molecule has 1 aromatic rings. The van der Waals surface area contributed by atoms with Gasteiger partial charge in [0, 0.05) is 12.2 Å². The molecular weight excluding hydrogens is 263 g/mol.